The van der Waals surface area contributed by atoms with Crippen molar-refractivity contribution in [1.29, 1.82) is 0 Å². The minimum Gasteiger partial charge on any atom is -0.454 e. The highest BCUT2D eigenvalue weighted by atomic mass is 16.7. The molecular weight excluding hydrogens is 422 g/mol. The normalized spacial score (nSPS) is 15.0. The van der Waals surface area contributed by atoms with Crippen LogP contribution in [0.4, 0.5) is 5.69 Å². The molecule has 0 aliphatic carbocycles. The van der Waals surface area contributed by atoms with E-state index in [4.69, 9.17) is 9.47 Å². The molecule has 172 valence electrons. The van der Waals surface area contributed by atoms with Gasteiger partial charge in [0.2, 0.25) is 12.7 Å². The third-order valence-corrected chi connectivity index (χ3v) is 5.54. The number of fused-ring (bicyclic) bond motifs is 2. The summed E-state index contributed by atoms with van der Waals surface area (Å²) in [5, 5.41) is 9.16. The summed E-state index contributed by atoms with van der Waals surface area (Å²) < 4.78 is 10.9. The summed E-state index contributed by atoms with van der Waals surface area (Å²) in [7, 11) is 0. The molecule has 0 saturated carbocycles. The van der Waals surface area contributed by atoms with E-state index >= 15 is 0 Å². The first kappa shape index (κ1) is 22.4. The van der Waals surface area contributed by atoms with Gasteiger partial charge in [0.05, 0.1) is 11.3 Å². The SMILES string of the molecule is CCCC(=O)NCCCN/C(=C1\C(=O)Nc2ccc(C(C)=O)cc21)c1ccc2c(c1)OCO2. The molecule has 0 aromatic heterocycles. The summed E-state index contributed by atoms with van der Waals surface area (Å²) in [5.74, 6) is 0.971. The molecule has 0 atom stereocenters. The van der Waals surface area contributed by atoms with Crippen molar-refractivity contribution in [2.24, 2.45) is 0 Å². The van der Waals surface area contributed by atoms with Crippen molar-refractivity contribution in [3.05, 3.63) is 53.1 Å². The van der Waals surface area contributed by atoms with Crippen LogP contribution in [0.5, 0.6) is 11.5 Å². The van der Waals surface area contributed by atoms with Crippen LogP contribution < -0.4 is 25.4 Å². The number of anilines is 1. The monoisotopic (exact) mass is 449 g/mol. The summed E-state index contributed by atoms with van der Waals surface area (Å²) in [5.41, 5.74) is 3.72. The van der Waals surface area contributed by atoms with Crippen molar-refractivity contribution in [2.75, 3.05) is 25.2 Å². The fourth-order valence-corrected chi connectivity index (χ4v) is 3.87. The Morgan fingerprint density at radius 2 is 1.76 bits per heavy atom. The molecule has 2 heterocycles. The molecule has 2 aromatic carbocycles. The van der Waals surface area contributed by atoms with Crippen LogP contribution in [0.25, 0.3) is 11.3 Å². The topological polar surface area (TPSA) is 106 Å². The second-order valence-corrected chi connectivity index (χ2v) is 7.97. The summed E-state index contributed by atoms with van der Waals surface area (Å²) >= 11 is 0. The van der Waals surface area contributed by atoms with E-state index < -0.39 is 0 Å². The zero-order chi connectivity index (χ0) is 23.4. The molecule has 2 aliphatic rings. The Bertz CT molecular complexity index is 1140. The Labute approximate surface area is 192 Å². The van der Waals surface area contributed by atoms with E-state index in [1.165, 1.54) is 6.92 Å². The third kappa shape index (κ3) is 4.84. The van der Waals surface area contributed by atoms with Crippen molar-refractivity contribution in [1.82, 2.24) is 10.6 Å². The number of hydrogen-bond acceptors (Lipinski definition) is 6. The van der Waals surface area contributed by atoms with Crippen LogP contribution >= 0.6 is 0 Å². The molecule has 2 aromatic rings. The average Bonchev–Trinajstić information content (AvgIpc) is 3.39. The molecule has 33 heavy (non-hydrogen) atoms. The molecule has 2 aliphatic heterocycles. The number of hydrogen-bond donors (Lipinski definition) is 3. The lowest BCUT2D eigenvalue weighted by molar-refractivity contribution is -0.121. The summed E-state index contributed by atoms with van der Waals surface area (Å²) in [6.45, 7) is 4.69. The number of rotatable bonds is 9. The van der Waals surface area contributed by atoms with E-state index in [1.807, 2.05) is 25.1 Å². The molecule has 0 fully saturated rings. The first-order valence-corrected chi connectivity index (χ1v) is 11.1. The number of benzene rings is 2. The van der Waals surface area contributed by atoms with Gasteiger partial charge in [-0.05, 0) is 56.2 Å². The number of ether oxygens (including phenoxy) is 2. The number of ketones is 1. The van der Waals surface area contributed by atoms with Crippen molar-refractivity contribution in [3.63, 3.8) is 0 Å². The zero-order valence-corrected chi connectivity index (χ0v) is 18.7. The molecule has 0 saturated heterocycles. The van der Waals surface area contributed by atoms with Gasteiger partial charge in [-0.3, -0.25) is 14.4 Å². The quantitative estimate of drug-likeness (QED) is 0.308. The van der Waals surface area contributed by atoms with Crippen LogP contribution in [0.3, 0.4) is 0 Å². The maximum absolute atomic E-state index is 13.0. The van der Waals surface area contributed by atoms with E-state index in [2.05, 4.69) is 16.0 Å². The maximum atomic E-state index is 13.0. The van der Waals surface area contributed by atoms with E-state index in [1.54, 1.807) is 18.2 Å². The Kier molecular flexibility index (Phi) is 6.63. The Morgan fingerprint density at radius 3 is 2.55 bits per heavy atom. The molecule has 3 N–H and O–H groups in total. The molecule has 8 nitrogen and oxygen atoms in total. The van der Waals surface area contributed by atoms with Crippen LogP contribution in [-0.2, 0) is 9.59 Å². The standard InChI is InChI=1S/C25H27N3O5/c1-3-5-22(30)26-10-4-11-27-24(17-7-9-20-21(13-17)33-14-32-20)23-18-12-16(15(2)29)6-8-19(18)28-25(23)31/h6-9,12-13,27H,3-5,10-11,14H2,1-2H3,(H,26,30)(H,28,31)/b24-23-. The molecule has 0 spiro atoms. The van der Waals surface area contributed by atoms with E-state index in [-0.39, 0.29) is 24.4 Å². The number of carbonyl (C=O) groups is 3. The van der Waals surface area contributed by atoms with Gasteiger partial charge in [0.25, 0.3) is 5.91 Å². The van der Waals surface area contributed by atoms with E-state index in [9.17, 15) is 14.4 Å². The molecule has 0 bridgehead atoms. The van der Waals surface area contributed by atoms with Crippen molar-refractivity contribution in [2.45, 2.75) is 33.1 Å². The molecule has 8 heteroatoms. The highest BCUT2D eigenvalue weighted by molar-refractivity contribution is 6.36. The summed E-state index contributed by atoms with van der Waals surface area (Å²) in [6.07, 6.45) is 2.00. The molecule has 0 unspecified atom stereocenters. The van der Waals surface area contributed by atoms with Gasteiger partial charge in [-0.1, -0.05) is 6.92 Å². The van der Waals surface area contributed by atoms with Crippen molar-refractivity contribution in [3.8, 4) is 11.5 Å². The second-order valence-electron chi connectivity index (χ2n) is 7.97. The Balaban J connectivity index is 1.65. The van der Waals surface area contributed by atoms with Crippen LogP contribution in [0, 0.1) is 0 Å². The van der Waals surface area contributed by atoms with Gasteiger partial charge in [-0.25, -0.2) is 0 Å². The smallest absolute Gasteiger partial charge is 0.258 e. The minimum atomic E-state index is -0.248. The number of nitrogens with one attached hydrogen (secondary N) is 3. The highest BCUT2D eigenvalue weighted by Gasteiger charge is 2.29. The van der Waals surface area contributed by atoms with Crippen LogP contribution in [-0.4, -0.2) is 37.5 Å². The zero-order valence-electron chi connectivity index (χ0n) is 18.7. The predicted molar refractivity (Wildman–Crippen MR) is 125 cm³/mol. The lowest BCUT2D eigenvalue weighted by Gasteiger charge is -2.15. The Morgan fingerprint density at radius 1 is 1.00 bits per heavy atom. The van der Waals surface area contributed by atoms with Crippen molar-refractivity contribution >= 4 is 34.6 Å². The summed E-state index contributed by atoms with van der Waals surface area (Å²) in [6, 6.07) is 10.7. The van der Waals surface area contributed by atoms with Gasteiger partial charge >= 0.3 is 0 Å². The van der Waals surface area contributed by atoms with Crippen molar-refractivity contribution < 1.29 is 23.9 Å². The fourth-order valence-electron chi connectivity index (χ4n) is 3.87. The van der Waals surface area contributed by atoms with Crippen LogP contribution in [0.2, 0.25) is 0 Å². The highest BCUT2D eigenvalue weighted by Crippen LogP contribution is 2.39. The predicted octanol–water partition coefficient (Wildman–Crippen LogP) is 3.33. The maximum Gasteiger partial charge on any atom is 0.258 e. The lowest BCUT2D eigenvalue weighted by atomic mass is 9.97. The number of amides is 2. The third-order valence-electron chi connectivity index (χ3n) is 5.54. The molecule has 2 amide bonds. The van der Waals surface area contributed by atoms with Gasteiger partial charge < -0.3 is 25.4 Å². The molecule has 0 radical (unpaired) electrons. The van der Waals surface area contributed by atoms with E-state index in [0.717, 1.165) is 12.0 Å². The molecular formula is C25H27N3O5. The van der Waals surface area contributed by atoms with Gasteiger partial charge in [-0.2, -0.15) is 0 Å². The minimum absolute atomic E-state index is 0.0349. The summed E-state index contributed by atoms with van der Waals surface area (Å²) in [4.78, 5) is 36.6. The number of Topliss-reactive ketones (excluding diaryl/α,β-unsaturated/α-hetero) is 1. The second kappa shape index (κ2) is 9.77. The number of carbonyl (C=O) groups excluding carboxylic acids is 3. The van der Waals surface area contributed by atoms with Gasteiger partial charge in [0.15, 0.2) is 17.3 Å². The van der Waals surface area contributed by atoms with E-state index in [0.29, 0.717) is 65.5 Å². The van der Waals surface area contributed by atoms with Crippen LogP contribution in [0.1, 0.15) is 54.6 Å². The average molecular weight is 450 g/mol. The van der Waals surface area contributed by atoms with Gasteiger partial charge in [-0.15, -0.1) is 0 Å². The molecule has 4 rings (SSSR count). The Hall–Kier alpha value is -3.81. The first-order chi connectivity index (χ1) is 16.0. The van der Waals surface area contributed by atoms with Gasteiger partial charge in [0.1, 0.15) is 0 Å². The lowest BCUT2D eigenvalue weighted by Crippen LogP contribution is -2.27. The van der Waals surface area contributed by atoms with Crippen LogP contribution in [0.15, 0.2) is 36.4 Å². The fraction of sp³-hybridized carbons (Fsp3) is 0.320. The first-order valence-electron chi connectivity index (χ1n) is 11.1. The largest absolute Gasteiger partial charge is 0.454 e. The van der Waals surface area contributed by atoms with Gasteiger partial charge in [0, 0.05) is 41.9 Å².